The van der Waals surface area contributed by atoms with E-state index in [9.17, 15) is 14.4 Å². The third kappa shape index (κ3) is 3.31. The van der Waals surface area contributed by atoms with Crippen LogP contribution in [0.4, 0.5) is 0 Å². The van der Waals surface area contributed by atoms with Crippen LogP contribution in [0, 0.1) is 0 Å². The smallest absolute Gasteiger partial charge is 0.275 e. The molecule has 2 atom stereocenters. The fourth-order valence-electron chi connectivity index (χ4n) is 5.10. The van der Waals surface area contributed by atoms with Crippen molar-refractivity contribution in [1.82, 2.24) is 19.7 Å². The Hall–Kier alpha value is -3.13. The number of piperidine rings is 1. The SMILES string of the molecule is COc1c2n(cc(C(=O)NCc3ccccc3)c1=O)C[C@H]1N(C[C@H]3CCCCN31)C2=O. The molecule has 0 spiro atoms. The van der Waals surface area contributed by atoms with Crippen LogP contribution >= 0.6 is 0 Å². The van der Waals surface area contributed by atoms with Gasteiger partial charge in [0.25, 0.3) is 11.8 Å². The fraction of sp³-hybridized carbons (Fsp3) is 0.435. The molecule has 0 saturated carbocycles. The molecule has 2 aromatic rings. The van der Waals surface area contributed by atoms with Gasteiger partial charge in [-0.15, -0.1) is 0 Å². The largest absolute Gasteiger partial charge is 0.491 e. The minimum absolute atomic E-state index is 0.00836. The van der Waals surface area contributed by atoms with Gasteiger partial charge in [-0.05, 0) is 18.4 Å². The van der Waals surface area contributed by atoms with Crippen molar-refractivity contribution >= 4 is 11.8 Å². The molecule has 8 nitrogen and oxygen atoms in total. The lowest BCUT2D eigenvalue weighted by Gasteiger charge is -2.38. The lowest BCUT2D eigenvalue weighted by Crippen LogP contribution is -2.51. The number of pyridine rings is 1. The van der Waals surface area contributed by atoms with E-state index < -0.39 is 11.3 Å². The Bertz CT molecular complexity index is 1080. The Balaban J connectivity index is 1.47. The molecule has 5 rings (SSSR count). The number of carbonyl (C=O) groups excluding carboxylic acids is 2. The zero-order valence-corrected chi connectivity index (χ0v) is 17.5. The minimum Gasteiger partial charge on any atom is -0.491 e. The van der Waals surface area contributed by atoms with E-state index in [4.69, 9.17) is 4.74 Å². The van der Waals surface area contributed by atoms with Crippen molar-refractivity contribution < 1.29 is 14.3 Å². The molecule has 1 aromatic carbocycles. The normalized spacial score (nSPS) is 22.5. The van der Waals surface area contributed by atoms with E-state index in [1.807, 2.05) is 35.2 Å². The maximum Gasteiger partial charge on any atom is 0.275 e. The first-order chi connectivity index (χ1) is 15.1. The van der Waals surface area contributed by atoms with Crippen LogP contribution in [-0.4, -0.2) is 58.6 Å². The van der Waals surface area contributed by atoms with Gasteiger partial charge in [0.1, 0.15) is 11.7 Å². The zero-order chi connectivity index (χ0) is 21.5. The monoisotopic (exact) mass is 422 g/mol. The first-order valence-electron chi connectivity index (χ1n) is 10.8. The van der Waals surface area contributed by atoms with E-state index >= 15 is 0 Å². The highest BCUT2D eigenvalue weighted by Crippen LogP contribution is 2.34. The van der Waals surface area contributed by atoms with Gasteiger partial charge < -0.3 is 19.5 Å². The first-order valence-corrected chi connectivity index (χ1v) is 10.8. The van der Waals surface area contributed by atoms with Crippen molar-refractivity contribution in [3.63, 3.8) is 0 Å². The summed E-state index contributed by atoms with van der Waals surface area (Å²) in [5.41, 5.74) is 0.617. The lowest BCUT2D eigenvalue weighted by atomic mass is 10.0. The van der Waals surface area contributed by atoms with Gasteiger partial charge in [-0.3, -0.25) is 19.3 Å². The topological polar surface area (TPSA) is 83.9 Å². The fourth-order valence-corrected chi connectivity index (χ4v) is 5.10. The second kappa shape index (κ2) is 7.85. The summed E-state index contributed by atoms with van der Waals surface area (Å²) in [5.74, 6) is -0.726. The van der Waals surface area contributed by atoms with E-state index in [-0.39, 0.29) is 29.1 Å². The van der Waals surface area contributed by atoms with Crippen LogP contribution in [0.2, 0.25) is 0 Å². The van der Waals surface area contributed by atoms with E-state index in [2.05, 4.69) is 10.2 Å². The maximum atomic E-state index is 13.3. The van der Waals surface area contributed by atoms with E-state index in [0.29, 0.717) is 25.7 Å². The van der Waals surface area contributed by atoms with E-state index in [1.165, 1.54) is 19.7 Å². The number of methoxy groups -OCH3 is 1. The first kappa shape index (κ1) is 19.8. The number of carbonyl (C=O) groups is 2. The second-order valence-corrected chi connectivity index (χ2v) is 8.40. The molecular formula is C23H26N4O4. The van der Waals surface area contributed by atoms with Gasteiger partial charge in [-0.25, -0.2) is 0 Å². The van der Waals surface area contributed by atoms with Crippen molar-refractivity contribution in [3.05, 3.63) is 63.6 Å². The van der Waals surface area contributed by atoms with Gasteiger partial charge in [0, 0.05) is 31.9 Å². The molecule has 162 valence electrons. The summed E-state index contributed by atoms with van der Waals surface area (Å²) in [4.78, 5) is 43.5. The quantitative estimate of drug-likeness (QED) is 0.806. The number of hydrogen-bond donors (Lipinski definition) is 1. The minimum atomic E-state index is -0.553. The summed E-state index contributed by atoms with van der Waals surface area (Å²) in [6.07, 6.45) is 4.86. The Morgan fingerprint density at radius 2 is 1.97 bits per heavy atom. The molecule has 2 fully saturated rings. The van der Waals surface area contributed by atoms with Crippen LogP contribution < -0.4 is 15.5 Å². The molecular weight excluding hydrogens is 396 g/mol. The summed E-state index contributed by atoms with van der Waals surface area (Å²) in [6.45, 7) is 2.48. The Morgan fingerprint density at radius 3 is 2.74 bits per heavy atom. The number of fused-ring (bicyclic) bond motifs is 4. The molecule has 0 aliphatic carbocycles. The number of hydrogen-bond acceptors (Lipinski definition) is 5. The molecule has 1 N–H and O–H groups in total. The van der Waals surface area contributed by atoms with Crippen LogP contribution in [0.15, 0.2) is 41.3 Å². The van der Waals surface area contributed by atoms with Crippen LogP contribution in [0.3, 0.4) is 0 Å². The Labute approximate surface area is 180 Å². The molecule has 4 heterocycles. The van der Waals surface area contributed by atoms with E-state index in [1.54, 1.807) is 4.57 Å². The van der Waals surface area contributed by atoms with Crippen molar-refractivity contribution in [2.24, 2.45) is 0 Å². The molecule has 2 saturated heterocycles. The summed E-state index contributed by atoms with van der Waals surface area (Å²) >= 11 is 0. The number of nitrogens with zero attached hydrogens (tertiary/aromatic N) is 3. The summed E-state index contributed by atoms with van der Waals surface area (Å²) in [6, 6.07) is 9.87. The van der Waals surface area contributed by atoms with Gasteiger partial charge >= 0.3 is 0 Å². The predicted molar refractivity (Wildman–Crippen MR) is 114 cm³/mol. The van der Waals surface area contributed by atoms with Crippen molar-refractivity contribution in [1.29, 1.82) is 0 Å². The molecule has 0 radical (unpaired) electrons. The van der Waals surface area contributed by atoms with Gasteiger partial charge in [0.2, 0.25) is 5.43 Å². The van der Waals surface area contributed by atoms with Gasteiger partial charge in [-0.1, -0.05) is 36.8 Å². The highest BCUT2D eigenvalue weighted by atomic mass is 16.5. The summed E-state index contributed by atoms with van der Waals surface area (Å²) in [5, 5.41) is 2.80. The number of ether oxygens (including phenoxy) is 1. The average Bonchev–Trinajstić information content (AvgIpc) is 3.17. The van der Waals surface area contributed by atoms with Crippen molar-refractivity contribution in [2.75, 3.05) is 20.2 Å². The highest BCUT2D eigenvalue weighted by Gasteiger charge is 2.47. The van der Waals surface area contributed by atoms with Gasteiger partial charge in [0.05, 0.1) is 13.7 Å². The maximum absolute atomic E-state index is 13.3. The molecule has 8 heteroatoms. The average molecular weight is 422 g/mol. The number of rotatable bonds is 4. The van der Waals surface area contributed by atoms with Gasteiger partial charge in [-0.2, -0.15) is 0 Å². The standard InChI is InChI=1S/C23H26N4O4/c1-31-21-19-23(30)27-12-16-9-5-6-10-26(16)18(27)14-25(19)13-17(20(21)28)22(29)24-11-15-7-3-2-4-8-15/h2-4,7-8,13,16,18H,5-6,9-12,14H2,1H3,(H,24,29)/t16-,18-/m1/s1. The molecule has 31 heavy (non-hydrogen) atoms. The Kier molecular flexibility index (Phi) is 5.02. The summed E-state index contributed by atoms with van der Waals surface area (Å²) in [7, 11) is 1.37. The number of nitrogens with one attached hydrogen (secondary N) is 1. The second-order valence-electron chi connectivity index (χ2n) is 8.40. The predicted octanol–water partition coefficient (Wildman–Crippen LogP) is 1.44. The number of benzene rings is 1. The number of aromatic nitrogens is 1. The molecule has 0 bridgehead atoms. The molecule has 0 unspecified atom stereocenters. The third-order valence-corrected chi connectivity index (χ3v) is 6.63. The van der Waals surface area contributed by atoms with Crippen LogP contribution in [0.25, 0.3) is 0 Å². The molecule has 1 aromatic heterocycles. The van der Waals surface area contributed by atoms with Crippen LogP contribution in [-0.2, 0) is 13.1 Å². The zero-order valence-electron chi connectivity index (χ0n) is 17.5. The Morgan fingerprint density at radius 1 is 1.16 bits per heavy atom. The molecule has 3 aliphatic heterocycles. The molecule has 3 aliphatic rings. The van der Waals surface area contributed by atoms with Crippen LogP contribution in [0.5, 0.6) is 5.75 Å². The highest BCUT2D eigenvalue weighted by molar-refractivity contribution is 5.99. The van der Waals surface area contributed by atoms with E-state index in [0.717, 1.165) is 24.9 Å². The number of amides is 2. The van der Waals surface area contributed by atoms with Crippen molar-refractivity contribution in [2.45, 2.75) is 44.6 Å². The molecule has 2 amide bonds. The third-order valence-electron chi connectivity index (χ3n) is 6.63. The van der Waals surface area contributed by atoms with Crippen molar-refractivity contribution in [3.8, 4) is 5.75 Å². The lowest BCUT2D eigenvalue weighted by molar-refractivity contribution is 0.0451. The van der Waals surface area contributed by atoms with Crippen LogP contribution in [0.1, 0.15) is 45.7 Å². The summed E-state index contributed by atoms with van der Waals surface area (Å²) < 4.78 is 7.09. The van der Waals surface area contributed by atoms with Gasteiger partial charge in [0.15, 0.2) is 11.4 Å².